The van der Waals surface area contributed by atoms with Crippen LogP contribution in [-0.4, -0.2) is 68.2 Å². The van der Waals surface area contributed by atoms with Crippen molar-refractivity contribution in [2.24, 2.45) is 0 Å². The Kier molecular flexibility index (Phi) is 5.84. The third-order valence-corrected chi connectivity index (χ3v) is 6.82. The summed E-state index contributed by atoms with van der Waals surface area (Å²) in [4.78, 5) is 2.49. The lowest BCUT2D eigenvalue weighted by molar-refractivity contribution is 0.169. The van der Waals surface area contributed by atoms with Gasteiger partial charge in [-0.2, -0.15) is 0 Å². The second-order valence-corrected chi connectivity index (χ2v) is 8.41. The van der Waals surface area contributed by atoms with Crippen LogP contribution in [0.2, 0.25) is 0 Å². The molecule has 0 aromatic carbocycles. The van der Waals surface area contributed by atoms with Crippen molar-refractivity contribution in [1.82, 2.24) is 14.5 Å². The van der Waals surface area contributed by atoms with Gasteiger partial charge in [-0.3, -0.25) is 4.90 Å². The fourth-order valence-electron chi connectivity index (χ4n) is 3.23. The molecule has 0 saturated carbocycles. The molecule has 0 radical (unpaired) electrons. The lowest BCUT2D eigenvalue weighted by atomic mass is 10.1. The minimum absolute atomic E-state index is 0.331. The zero-order valence-electron chi connectivity index (χ0n) is 12.8. The van der Waals surface area contributed by atoms with Crippen molar-refractivity contribution in [1.29, 1.82) is 0 Å². The summed E-state index contributed by atoms with van der Waals surface area (Å²) in [6.07, 6.45) is 4.85. The number of hydrogen-bond donors (Lipinski definition) is 1. The molecule has 20 heavy (non-hydrogen) atoms. The van der Waals surface area contributed by atoms with Crippen LogP contribution in [0.3, 0.4) is 0 Å². The number of hydrogen-bond acceptors (Lipinski definition) is 4. The summed E-state index contributed by atoms with van der Waals surface area (Å²) < 4.78 is 26.8. The van der Waals surface area contributed by atoms with Gasteiger partial charge in [-0.1, -0.05) is 13.3 Å². The Labute approximate surface area is 123 Å². The van der Waals surface area contributed by atoms with E-state index in [1.807, 2.05) is 13.8 Å². The van der Waals surface area contributed by atoms with Crippen molar-refractivity contribution >= 4 is 10.0 Å². The number of nitrogens with zero attached hydrogens (tertiary/aromatic N) is 2. The third kappa shape index (κ3) is 3.72. The molecule has 1 N–H and O–H groups in total. The van der Waals surface area contributed by atoms with Crippen LogP contribution in [0, 0.1) is 0 Å². The lowest BCUT2D eigenvalue weighted by Crippen LogP contribution is -2.44. The molecule has 5 nitrogen and oxygen atoms in total. The number of nitrogens with one attached hydrogen (secondary N) is 1. The first-order valence-electron chi connectivity index (χ1n) is 7.99. The van der Waals surface area contributed by atoms with Crippen molar-refractivity contribution < 1.29 is 8.42 Å². The molecule has 0 amide bonds. The molecule has 2 rings (SSSR count). The Morgan fingerprint density at radius 3 is 2.55 bits per heavy atom. The Hall–Kier alpha value is -0.170. The Balaban J connectivity index is 1.90. The SMILES string of the molecule is CCNCC(C)S(=O)(=O)N1CCC(N2CCCCC2)C1. The van der Waals surface area contributed by atoms with Gasteiger partial charge in [0.25, 0.3) is 0 Å². The van der Waals surface area contributed by atoms with Crippen LogP contribution in [0.4, 0.5) is 0 Å². The molecule has 2 fully saturated rings. The summed E-state index contributed by atoms with van der Waals surface area (Å²) in [5.41, 5.74) is 0. The summed E-state index contributed by atoms with van der Waals surface area (Å²) in [5.74, 6) is 0. The zero-order valence-corrected chi connectivity index (χ0v) is 13.7. The van der Waals surface area contributed by atoms with Crippen LogP contribution in [0.25, 0.3) is 0 Å². The standard InChI is InChI=1S/C14H29N3O2S/c1-3-15-11-13(2)20(18,19)17-10-7-14(12-17)16-8-5-4-6-9-16/h13-15H,3-12H2,1-2H3. The number of sulfonamides is 1. The first-order chi connectivity index (χ1) is 9.55. The maximum Gasteiger partial charge on any atom is 0.218 e. The molecule has 0 aliphatic carbocycles. The highest BCUT2D eigenvalue weighted by Gasteiger charge is 2.36. The average molecular weight is 303 g/mol. The third-order valence-electron chi connectivity index (χ3n) is 4.58. The summed E-state index contributed by atoms with van der Waals surface area (Å²) in [6, 6.07) is 0.441. The molecule has 2 unspecified atom stereocenters. The molecule has 2 heterocycles. The lowest BCUT2D eigenvalue weighted by Gasteiger charge is -2.32. The molecule has 2 atom stereocenters. The maximum atomic E-state index is 12.5. The van der Waals surface area contributed by atoms with E-state index < -0.39 is 10.0 Å². The molecule has 2 saturated heterocycles. The van der Waals surface area contributed by atoms with Crippen molar-refractivity contribution in [3.05, 3.63) is 0 Å². The Morgan fingerprint density at radius 2 is 1.90 bits per heavy atom. The second kappa shape index (κ2) is 7.20. The number of likely N-dealkylation sites (tertiary alicyclic amines) is 1. The van der Waals surface area contributed by atoms with Gasteiger partial charge in [0.2, 0.25) is 10.0 Å². The fourth-order valence-corrected chi connectivity index (χ4v) is 4.81. The molecule has 0 bridgehead atoms. The van der Waals surface area contributed by atoms with Crippen LogP contribution < -0.4 is 5.32 Å². The first kappa shape index (κ1) is 16.2. The quantitative estimate of drug-likeness (QED) is 0.791. The molecule has 2 aliphatic heterocycles. The Morgan fingerprint density at radius 1 is 1.20 bits per heavy atom. The second-order valence-electron chi connectivity index (χ2n) is 6.06. The smallest absolute Gasteiger partial charge is 0.218 e. The van der Waals surface area contributed by atoms with Crippen molar-refractivity contribution in [3.8, 4) is 0 Å². The van der Waals surface area contributed by atoms with Gasteiger partial charge in [0, 0.05) is 25.7 Å². The van der Waals surface area contributed by atoms with Crippen LogP contribution in [0.1, 0.15) is 39.5 Å². The molecule has 0 spiro atoms. The Bertz CT molecular complexity index is 393. The monoisotopic (exact) mass is 303 g/mol. The molecule has 118 valence electrons. The maximum absolute atomic E-state index is 12.5. The predicted octanol–water partition coefficient (Wildman–Crippen LogP) is 0.874. The van der Waals surface area contributed by atoms with Gasteiger partial charge in [-0.25, -0.2) is 12.7 Å². The van der Waals surface area contributed by atoms with Gasteiger partial charge < -0.3 is 5.32 Å². The first-order valence-corrected chi connectivity index (χ1v) is 9.49. The summed E-state index contributed by atoms with van der Waals surface area (Å²) >= 11 is 0. The number of rotatable bonds is 6. The largest absolute Gasteiger partial charge is 0.316 e. The van der Waals surface area contributed by atoms with E-state index in [-0.39, 0.29) is 5.25 Å². The van der Waals surface area contributed by atoms with Crippen molar-refractivity contribution in [2.75, 3.05) is 39.3 Å². The van der Waals surface area contributed by atoms with Crippen molar-refractivity contribution in [2.45, 2.75) is 50.8 Å². The van der Waals surface area contributed by atoms with Crippen LogP contribution in [0.15, 0.2) is 0 Å². The van der Waals surface area contributed by atoms with E-state index in [2.05, 4.69) is 10.2 Å². The highest BCUT2D eigenvalue weighted by molar-refractivity contribution is 7.89. The van der Waals surface area contributed by atoms with E-state index >= 15 is 0 Å². The predicted molar refractivity (Wildman–Crippen MR) is 82.3 cm³/mol. The molecular weight excluding hydrogens is 274 g/mol. The zero-order chi connectivity index (χ0) is 14.6. The van der Waals surface area contributed by atoms with Crippen LogP contribution in [0.5, 0.6) is 0 Å². The fraction of sp³-hybridized carbons (Fsp3) is 1.00. The van der Waals surface area contributed by atoms with Crippen molar-refractivity contribution in [3.63, 3.8) is 0 Å². The van der Waals surface area contributed by atoms with E-state index in [0.717, 1.165) is 26.1 Å². The van der Waals surface area contributed by atoms with Gasteiger partial charge in [-0.05, 0) is 45.8 Å². The van der Waals surface area contributed by atoms with E-state index in [4.69, 9.17) is 0 Å². The minimum Gasteiger partial charge on any atom is -0.316 e. The van der Waals surface area contributed by atoms with Crippen LogP contribution in [-0.2, 0) is 10.0 Å². The van der Waals surface area contributed by atoms with E-state index in [1.165, 1.54) is 19.3 Å². The van der Waals surface area contributed by atoms with Gasteiger partial charge in [-0.15, -0.1) is 0 Å². The molecule has 2 aliphatic rings. The van der Waals surface area contributed by atoms with Gasteiger partial charge in [0.15, 0.2) is 0 Å². The molecular formula is C14H29N3O2S. The average Bonchev–Trinajstić information content (AvgIpc) is 2.96. The number of piperidine rings is 1. The van der Waals surface area contributed by atoms with E-state index in [0.29, 0.717) is 25.7 Å². The van der Waals surface area contributed by atoms with Gasteiger partial charge in [0.05, 0.1) is 5.25 Å². The molecule has 0 aromatic heterocycles. The normalized spacial score (nSPS) is 27.8. The van der Waals surface area contributed by atoms with Gasteiger partial charge in [0.1, 0.15) is 0 Å². The summed E-state index contributed by atoms with van der Waals surface area (Å²) in [7, 11) is -3.14. The van der Waals surface area contributed by atoms with Crippen LogP contribution >= 0.6 is 0 Å². The molecule has 0 aromatic rings. The summed E-state index contributed by atoms with van der Waals surface area (Å²) in [6.45, 7) is 8.85. The van der Waals surface area contributed by atoms with Gasteiger partial charge >= 0.3 is 0 Å². The van der Waals surface area contributed by atoms with E-state index in [1.54, 1.807) is 4.31 Å². The minimum atomic E-state index is -3.14. The topological polar surface area (TPSA) is 52.7 Å². The van der Waals surface area contributed by atoms with E-state index in [9.17, 15) is 8.42 Å². The highest BCUT2D eigenvalue weighted by atomic mass is 32.2. The molecule has 6 heteroatoms. The highest BCUT2D eigenvalue weighted by Crippen LogP contribution is 2.23. The summed E-state index contributed by atoms with van der Waals surface area (Å²) in [5, 5.41) is 2.80.